The maximum Gasteiger partial charge on any atom is 0.305 e. The van der Waals surface area contributed by atoms with E-state index in [2.05, 4.69) is 31.7 Å². The van der Waals surface area contributed by atoms with Gasteiger partial charge in [-0.2, -0.15) is 0 Å². The van der Waals surface area contributed by atoms with Crippen LogP contribution in [0.1, 0.15) is 23.3 Å². The fraction of sp³-hybridized carbons (Fsp3) is 0.316. The molecule has 0 amide bonds. The minimum Gasteiger partial charge on any atom is -0.469 e. The van der Waals surface area contributed by atoms with Crippen LogP contribution >= 0.6 is 27.3 Å². The van der Waals surface area contributed by atoms with Crippen LogP contribution in [0, 0.1) is 13.8 Å². The van der Waals surface area contributed by atoms with Crippen molar-refractivity contribution in [2.45, 2.75) is 33.2 Å². The summed E-state index contributed by atoms with van der Waals surface area (Å²) >= 11 is 5.13. The summed E-state index contributed by atoms with van der Waals surface area (Å²) in [5, 5.41) is 0.638. The first-order chi connectivity index (χ1) is 12.4. The third kappa shape index (κ3) is 3.59. The van der Waals surface area contributed by atoms with E-state index in [0.29, 0.717) is 18.4 Å². The summed E-state index contributed by atoms with van der Waals surface area (Å²) in [4.78, 5) is 30.6. The molecule has 3 aromatic rings. The molecular weight excluding hydrogens is 416 g/mol. The fourth-order valence-corrected chi connectivity index (χ4v) is 4.39. The summed E-state index contributed by atoms with van der Waals surface area (Å²) in [5.41, 5.74) is 2.98. The molecule has 1 aromatic carbocycles. The fourth-order valence-electron chi connectivity index (χ4n) is 2.95. The van der Waals surface area contributed by atoms with Crippen molar-refractivity contribution in [2.24, 2.45) is 0 Å². The molecule has 136 valence electrons. The number of carbonyl (C=O) groups is 1. The minimum atomic E-state index is -0.275. The monoisotopic (exact) mass is 434 g/mol. The van der Waals surface area contributed by atoms with Crippen molar-refractivity contribution < 1.29 is 9.53 Å². The summed E-state index contributed by atoms with van der Waals surface area (Å²) in [6.45, 7) is 4.47. The Morgan fingerprint density at radius 3 is 2.85 bits per heavy atom. The number of methoxy groups -OCH3 is 1. The number of fused-ring (bicyclic) bond motifs is 1. The van der Waals surface area contributed by atoms with E-state index in [1.54, 1.807) is 10.9 Å². The maximum atomic E-state index is 13.1. The Kier molecular flexibility index (Phi) is 5.58. The van der Waals surface area contributed by atoms with Crippen molar-refractivity contribution in [3.05, 3.63) is 49.8 Å². The predicted molar refractivity (Wildman–Crippen MR) is 108 cm³/mol. The van der Waals surface area contributed by atoms with E-state index < -0.39 is 0 Å². The summed E-state index contributed by atoms with van der Waals surface area (Å²) in [5.74, 6) is -0.275. The number of hydrogen-bond acceptors (Lipinski definition) is 5. The first-order valence-electron chi connectivity index (χ1n) is 8.24. The molecule has 2 heterocycles. The van der Waals surface area contributed by atoms with Gasteiger partial charge in [-0.15, -0.1) is 11.3 Å². The molecule has 0 aliphatic heterocycles. The number of ether oxygens (including phenoxy) is 1. The van der Waals surface area contributed by atoms with Gasteiger partial charge in [0.25, 0.3) is 5.56 Å². The van der Waals surface area contributed by atoms with Crippen LogP contribution in [-0.4, -0.2) is 22.6 Å². The minimum absolute atomic E-state index is 0.0763. The molecule has 7 heteroatoms. The lowest BCUT2D eigenvalue weighted by Gasteiger charge is -2.08. The Bertz CT molecular complexity index is 1040. The predicted octanol–water partition coefficient (Wildman–Crippen LogP) is 4.46. The lowest BCUT2D eigenvalue weighted by atomic mass is 10.0. The van der Waals surface area contributed by atoms with Crippen LogP contribution in [0.25, 0.3) is 21.3 Å². The highest BCUT2D eigenvalue weighted by molar-refractivity contribution is 9.10. The van der Waals surface area contributed by atoms with Gasteiger partial charge in [0.05, 0.1) is 18.8 Å². The van der Waals surface area contributed by atoms with Crippen LogP contribution in [0.3, 0.4) is 0 Å². The van der Waals surface area contributed by atoms with Crippen LogP contribution < -0.4 is 5.56 Å². The SMILES string of the molecule is COC(=O)CCCn1cnc2sc(C)c(-c3cc(C)ccc3Br)c2c1=O. The van der Waals surface area contributed by atoms with E-state index >= 15 is 0 Å². The first kappa shape index (κ1) is 18.8. The lowest BCUT2D eigenvalue weighted by Crippen LogP contribution is -2.21. The number of benzene rings is 1. The molecule has 0 N–H and O–H groups in total. The van der Waals surface area contributed by atoms with E-state index in [-0.39, 0.29) is 17.9 Å². The number of hydrogen-bond donors (Lipinski definition) is 0. The van der Waals surface area contributed by atoms with Gasteiger partial charge >= 0.3 is 5.97 Å². The molecule has 0 fully saturated rings. The van der Waals surface area contributed by atoms with Gasteiger partial charge in [0.15, 0.2) is 0 Å². The Morgan fingerprint density at radius 2 is 2.12 bits per heavy atom. The van der Waals surface area contributed by atoms with Gasteiger partial charge in [-0.1, -0.05) is 33.6 Å². The van der Waals surface area contributed by atoms with Gasteiger partial charge < -0.3 is 4.74 Å². The van der Waals surface area contributed by atoms with Crippen molar-refractivity contribution in [3.8, 4) is 11.1 Å². The Labute approximate surface area is 163 Å². The van der Waals surface area contributed by atoms with E-state index in [1.165, 1.54) is 18.4 Å². The number of thiophene rings is 1. The molecule has 3 rings (SSSR count). The summed E-state index contributed by atoms with van der Waals surface area (Å²) < 4.78 is 7.17. The maximum absolute atomic E-state index is 13.1. The van der Waals surface area contributed by atoms with E-state index in [9.17, 15) is 9.59 Å². The highest BCUT2D eigenvalue weighted by Crippen LogP contribution is 2.39. The Morgan fingerprint density at radius 1 is 1.35 bits per heavy atom. The average Bonchev–Trinajstić information content (AvgIpc) is 2.95. The molecule has 2 aromatic heterocycles. The quantitative estimate of drug-likeness (QED) is 0.556. The van der Waals surface area contributed by atoms with Crippen LogP contribution in [0.2, 0.25) is 0 Å². The zero-order valence-electron chi connectivity index (χ0n) is 14.8. The molecule has 0 bridgehead atoms. The van der Waals surface area contributed by atoms with Crippen LogP contribution in [-0.2, 0) is 16.1 Å². The number of carbonyl (C=O) groups excluding carboxylic acids is 1. The van der Waals surface area contributed by atoms with Crippen molar-refractivity contribution in [1.82, 2.24) is 9.55 Å². The number of rotatable bonds is 5. The smallest absolute Gasteiger partial charge is 0.305 e. The topological polar surface area (TPSA) is 61.2 Å². The molecule has 0 aliphatic carbocycles. The van der Waals surface area contributed by atoms with Crippen LogP contribution in [0.5, 0.6) is 0 Å². The average molecular weight is 435 g/mol. The second kappa shape index (κ2) is 7.72. The molecule has 5 nitrogen and oxygen atoms in total. The third-order valence-electron chi connectivity index (χ3n) is 4.25. The summed E-state index contributed by atoms with van der Waals surface area (Å²) in [6.07, 6.45) is 2.37. The molecule has 0 spiro atoms. The van der Waals surface area contributed by atoms with Crippen molar-refractivity contribution in [3.63, 3.8) is 0 Å². The lowest BCUT2D eigenvalue weighted by molar-refractivity contribution is -0.140. The summed E-state index contributed by atoms with van der Waals surface area (Å²) in [7, 11) is 1.36. The van der Waals surface area contributed by atoms with E-state index in [1.807, 2.05) is 26.0 Å². The third-order valence-corrected chi connectivity index (χ3v) is 5.96. The van der Waals surface area contributed by atoms with Gasteiger partial charge in [0.2, 0.25) is 0 Å². The highest BCUT2D eigenvalue weighted by atomic mass is 79.9. The molecule has 26 heavy (non-hydrogen) atoms. The van der Waals surface area contributed by atoms with Crippen molar-refractivity contribution in [2.75, 3.05) is 7.11 Å². The molecule has 0 saturated carbocycles. The van der Waals surface area contributed by atoms with Gasteiger partial charge in [-0.25, -0.2) is 4.98 Å². The Hall–Kier alpha value is -1.99. The number of aromatic nitrogens is 2. The molecule has 0 aliphatic rings. The van der Waals surface area contributed by atoms with Gasteiger partial charge in [-0.05, 0) is 31.9 Å². The van der Waals surface area contributed by atoms with Gasteiger partial charge in [0.1, 0.15) is 4.83 Å². The van der Waals surface area contributed by atoms with Crippen LogP contribution in [0.15, 0.2) is 33.8 Å². The summed E-state index contributed by atoms with van der Waals surface area (Å²) in [6, 6.07) is 6.10. The second-order valence-corrected chi connectivity index (χ2v) is 8.18. The number of esters is 1. The Balaban J connectivity index is 2.09. The van der Waals surface area contributed by atoms with Crippen molar-refractivity contribution >= 4 is 43.5 Å². The molecular formula is C19H19BrN2O3S. The zero-order valence-corrected chi connectivity index (χ0v) is 17.2. The number of aryl methyl sites for hydroxylation is 3. The molecule has 0 radical (unpaired) electrons. The zero-order chi connectivity index (χ0) is 18.8. The number of nitrogens with zero attached hydrogens (tertiary/aromatic N) is 2. The van der Waals surface area contributed by atoms with Gasteiger partial charge in [0, 0.05) is 27.9 Å². The normalized spacial score (nSPS) is 11.1. The largest absolute Gasteiger partial charge is 0.469 e. The standard InChI is InChI=1S/C19H19BrN2O3S/c1-11-6-7-14(20)13(9-11)16-12(2)26-18-17(16)19(24)22(10-21-18)8-4-5-15(23)25-3/h6-7,9-10H,4-5,8H2,1-3H3. The van der Waals surface area contributed by atoms with Gasteiger partial charge in [-0.3, -0.25) is 14.2 Å². The number of halogens is 1. The van der Waals surface area contributed by atoms with Crippen molar-refractivity contribution in [1.29, 1.82) is 0 Å². The van der Waals surface area contributed by atoms with E-state index in [4.69, 9.17) is 0 Å². The first-order valence-corrected chi connectivity index (χ1v) is 9.85. The molecule has 0 saturated heterocycles. The highest BCUT2D eigenvalue weighted by Gasteiger charge is 2.18. The molecule has 0 unspecified atom stereocenters. The van der Waals surface area contributed by atoms with Crippen LogP contribution in [0.4, 0.5) is 0 Å². The van der Waals surface area contributed by atoms with E-state index in [0.717, 1.165) is 30.9 Å². The second-order valence-electron chi connectivity index (χ2n) is 6.12. The molecule has 0 atom stereocenters.